The minimum absolute atomic E-state index is 0.107. The zero-order chi connectivity index (χ0) is 13.4. The molecule has 1 aliphatic heterocycles. The van der Waals surface area contributed by atoms with Gasteiger partial charge in [-0.15, -0.1) is 0 Å². The number of carbonyl (C=O) groups excluding carboxylic acids is 1. The Kier molecular flexibility index (Phi) is 7.28. The van der Waals surface area contributed by atoms with Crippen LogP contribution in [0.25, 0.3) is 0 Å². The molecule has 0 aromatic carbocycles. The van der Waals surface area contributed by atoms with Gasteiger partial charge >= 0.3 is 0 Å². The van der Waals surface area contributed by atoms with Crippen molar-refractivity contribution in [3.8, 4) is 0 Å². The first-order valence-electron chi connectivity index (χ1n) is 7.44. The number of piperazine rings is 1. The van der Waals surface area contributed by atoms with E-state index in [-0.39, 0.29) is 12.5 Å². The molecule has 1 heterocycles. The molecular formula is C14H29N3O. The Balaban J connectivity index is 2.58. The van der Waals surface area contributed by atoms with Crippen LogP contribution in [0.15, 0.2) is 0 Å². The van der Waals surface area contributed by atoms with Crippen molar-refractivity contribution in [1.29, 1.82) is 0 Å². The van der Waals surface area contributed by atoms with Crippen molar-refractivity contribution in [1.82, 2.24) is 10.2 Å². The predicted octanol–water partition coefficient (Wildman–Crippen LogP) is 1.35. The van der Waals surface area contributed by atoms with E-state index < -0.39 is 0 Å². The summed E-state index contributed by atoms with van der Waals surface area (Å²) in [5, 5.41) is 3.41. The van der Waals surface area contributed by atoms with Crippen LogP contribution in [0.4, 0.5) is 0 Å². The molecular weight excluding hydrogens is 226 g/mol. The highest BCUT2D eigenvalue weighted by molar-refractivity contribution is 5.78. The maximum atomic E-state index is 11.9. The van der Waals surface area contributed by atoms with E-state index in [1.165, 1.54) is 25.7 Å². The number of rotatable bonds is 7. The molecule has 0 aromatic rings. The summed E-state index contributed by atoms with van der Waals surface area (Å²) in [4.78, 5) is 13.9. The number of carbonyl (C=O) groups is 1. The van der Waals surface area contributed by atoms with Gasteiger partial charge < -0.3 is 16.0 Å². The average molecular weight is 255 g/mol. The molecule has 0 bridgehead atoms. The smallest absolute Gasteiger partial charge is 0.236 e. The minimum Gasteiger partial charge on any atom is -0.336 e. The monoisotopic (exact) mass is 255 g/mol. The van der Waals surface area contributed by atoms with Gasteiger partial charge in [0, 0.05) is 25.7 Å². The molecule has 1 saturated heterocycles. The fourth-order valence-electron chi connectivity index (χ4n) is 2.90. The number of hydrogen-bond acceptors (Lipinski definition) is 3. The standard InChI is InChI=1S/C14H29N3O/c1-3-5-6-7-12(4-2)13-11-16-8-9-17(13)14(18)10-15/h12-13,16H,3-11,15H2,1-2H3. The Bertz CT molecular complexity index is 245. The van der Waals surface area contributed by atoms with Gasteiger partial charge in [0.15, 0.2) is 0 Å². The summed E-state index contributed by atoms with van der Waals surface area (Å²) in [6, 6.07) is 0.344. The van der Waals surface area contributed by atoms with Crippen LogP contribution in [-0.2, 0) is 4.79 Å². The third-order valence-electron chi connectivity index (χ3n) is 4.03. The van der Waals surface area contributed by atoms with E-state index in [1.54, 1.807) is 0 Å². The van der Waals surface area contributed by atoms with Crippen LogP contribution in [-0.4, -0.2) is 43.0 Å². The molecule has 3 N–H and O–H groups in total. The van der Waals surface area contributed by atoms with Gasteiger partial charge in [-0.1, -0.05) is 39.5 Å². The topological polar surface area (TPSA) is 58.4 Å². The van der Waals surface area contributed by atoms with Gasteiger partial charge in [-0.2, -0.15) is 0 Å². The number of nitrogens with one attached hydrogen (secondary N) is 1. The lowest BCUT2D eigenvalue weighted by Gasteiger charge is -2.40. The van der Waals surface area contributed by atoms with Crippen molar-refractivity contribution in [2.24, 2.45) is 11.7 Å². The van der Waals surface area contributed by atoms with Gasteiger partial charge in [0.25, 0.3) is 0 Å². The molecule has 4 heteroatoms. The second kappa shape index (κ2) is 8.48. The summed E-state index contributed by atoms with van der Waals surface area (Å²) >= 11 is 0. The Labute approximate surface area is 111 Å². The molecule has 1 rings (SSSR count). The Morgan fingerprint density at radius 1 is 1.44 bits per heavy atom. The first-order valence-corrected chi connectivity index (χ1v) is 7.44. The van der Waals surface area contributed by atoms with Gasteiger partial charge in [-0.25, -0.2) is 0 Å². The lowest BCUT2D eigenvalue weighted by atomic mass is 9.88. The predicted molar refractivity (Wildman–Crippen MR) is 75.3 cm³/mol. The van der Waals surface area contributed by atoms with E-state index in [9.17, 15) is 4.79 Å². The van der Waals surface area contributed by atoms with Crippen molar-refractivity contribution in [3.63, 3.8) is 0 Å². The highest BCUT2D eigenvalue weighted by atomic mass is 16.2. The Morgan fingerprint density at radius 3 is 2.83 bits per heavy atom. The van der Waals surface area contributed by atoms with E-state index in [1.807, 2.05) is 4.90 Å². The largest absolute Gasteiger partial charge is 0.336 e. The molecule has 0 spiro atoms. The third kappa shape index (κ3) is 4.25. The van der Waals surface area contributed by atoms with Crippen LogP contribution in [0.2, 0.25) is 0 Å². The summed E-state index contributed by atoms with van der Waals surface area (Å²) < 4.78 is 0. The molecule has 1 amide bonds. The number of nitrogens with two attached hydrogens (primary N) is 1. The first-order chi connectivity index (χ1) is 8.74. The maximum absolute atomic E-state index is 11.9. The van der Waals surface area contributed by atoms with E-state index in [2.05, 4.69) is 19.2 Å². The lowest BCUT2D eigenvalue weighted by molar-refractivity contribution is -0.134. The Hall–Kier alpha value is -0.610. The van der Waals surface area contributed by atoms with Gasteiger partial charge in [0.05, 0.1) is 6.54 Å². The highest BCUT2D eigenvalue weighted by Crippen LogP contribution is 2.23. The molecule has 1 aliphatic rings. The van der Waals surface area contributed by atoms with Gasteiger partial charge in [0.1, 0.15) is 0 Å². The van der Waals surface area contributed by atoms with Crippen LogP contribution >= 0.6 is 0 Å². The quantitative estimate of drug-likeness (QED) is 0.675. The van der Waals surface area contributed by atoms with Crippen LogP contribution in [0.5, 0.6) is 0 Å². The maximum Gasteiger partial charge on any atom is 0.236 e. The van der Waals surface area contributed by atoms with Crippen LogP contribution in [0, 0.1) is 5.92 Å². The second-order valence-electron chi connectivity index (χ2n) is 5.23. The molecule has 1 fully saturated rings. The summed E-state index contributed by atoms with van der Waals surface area (Å²) in [6.07, 6.45) is 6.19. The van der Waals surface area contributed by atoms with Crippen molar-refractivity contribution < 1.29 is 4.79 Å². The molecule has 4 nitrogen and oxygen atoms in total. The fraction of sp³-hybridized carbons (Fsp3) is 0.929. The number of unbranched alkanes of at least 4 members (excludes halogenated alkanes) is 2. The zero-order valence-corrected chi connectivity index (χ0v) is 12.0. The molecule has 0 aromatic heterocycles. The van der Waals surface area contributed by atoms with Gasteiger partial charge in [-0.05, 0) is 12.3 Å². The van der Waals surface area contributed by atoms with Crippen LogP contribution in [0.3, 0.4) is 0 Å². The highest BCUT2D eigenvalue weighted by Gasteiger charge is 2.30. The Morgan fingerprint density at radius 2 is 2.22 bits per heavy atom. The number of amides is 1. The molecule has 0 saturated carbocycles. The van der Waals surface area contributed by atoms with Crippen molar-refractivity contribution >= 4 is 5.91 Å². The summed E-state index contributed by atoms with van der Waals surface area (Å²) in [6.45, 7) is 7.24. The summed E-state index contributed by atoms with van der Waals surface area (Å²) in [5.41, 5.74) is 5.52. The normalized spacial score (nSPS) is 21.9. The molecule has 0 radical (unpaired) electrons. The summed E-state index contributed by atoms with van der Waals surface area (Å²) in [5.74, 6) is 0.718. The van der Waals surface area contributed by atoms with Gasteiger partial charge in [-0.3, -0.25) is 4.79 Å². The average Bonchev–Trinajstić information content (AvgIpc) is 2.43. The van der Waals surface area contributed by atoms with E-state index in [4.69, 9.17) is 5.73 Å². The molecule has 18 heavy (non-hydrogen) atoms. The number of hydrogen-bond donors (Lipinski definition) is 2. The van der Waals surface area contributed by atoms with Gasteiger partial charge in [0.2, 0.25) is 5.91 Å². The zero-order valence-electron chi connectivity index (χ0n) is 12.0. The van der Waals surface area contributed by atoms with Crippen molar-refractivity contribution in [2.75, 3.05) is 26.2 Å². The first kappa shape index (κ1) is 15.4. The van der Waals surface area contributed by atoms with Crippen LogP contribution < -0.4 is 11.1 Å². The summed E-state index contributed by atoms with van der Waals surface area (Å²) in [7, 11) is 0. The van der Waals surface area contributed by atoms with E-state index in [0.717, 1.165) is 26.1 Å². The molecule has 0 aliphatic carbocycles. The molecule has 2 unspecified atom stereocenters. The third-order valence-corrected chi connectivity index (χ3v) is 4.03. The SMILES string of the molecule is CCCCCC(CC)C1CNCCN1C(=O)CN. The fourth-order valence-corrected chi connectivity index (χ4v) is 2.90. The van der Waals surface area contributed by atoms with Crippen molar-refractivity contribution in [2.45, 2.75) is 52.0 Å². The van der Waals surface area contributed by atoms with E-state index >= 15 is 0 Å². The second-order valence-corrected chi connectivity index (χ2v) is 5.23. The molecule has 106 valence electrons. The number of nitrogens with zero attached hydrogens (tertiary/aromatic N) is 1. The molecule has 2 atom stereocenters. The lowest BCUT2D eigenvalue weighted by Crippen LogP contribution is -2.57. The van der Waals surface area contributed by atoms with E-state index in [0.29, 0.717) is 12.0 Å². The minimum atomic E-state index is 0.107. The van der Waals surface area contributed by atoms with Crippen LogP contribution in [0.1, 0.15) is 46.0 Å². The van der Waals surface area contributed by atoms with Crippen molar-refractivity contribution in [3.05, 3.63) is 0 Å².